The highest BCUT2D eigenvalue weighted by Gasteiger charge is 2.52. The number of amides is 1. The van der Waals surface area contributed by atoms with E-state index in [0.717, 1.165) is 11.3 Å². The minimum absolute atomic E-state index is 0.00529. The first kappa shape index (κ1) is 22.0. The van der Waals surface area contributed by atoms with Gasteiger partial charge in [-0.1, -0.05) is 5.16 Å². The number of thiazole rings is 1. The molecule has 1 aliphatic rings. The number of anilines is 1. The van der Waals surface area contributed by atoms with Crippen LogP contribution in [0.25, 0.3) is 0 Å². The molecule has 28 heavy (non-hydrogen) atoms. The summed E-state index contributed by atoms with van der Waals surface area (Å²) in [7, 11) is -4.66. The number of carboxylic acids is 1. The lowest BCUT2D eigenvalue weighted by Crippen LogP contribution is -2.73. The average molecular weight is 437 g/mol. The molecule has 0 saturated carbocycles. The predicted molar refractivity (Wildman–Crippen MR) is 96.7 cm³/mol. The summed E-state index contributed by atoms with van der Waals surface area (Å²) in [4.78, 5) is 32.6. The Labute approximate surface area is 163 Å². The number of nitrogens with two attached hydrogens (primary N) is 1. The molecule has 3 atom stereocenters. The summed E-state index contributed by atoms with van der Waals surface area (Å²) in [6.07, 6.45) is -1.70. The number of aliphatic hydroxyl groups excluding tert-OH is 1. The van der Waals surface area contributed by atoms with E-state index in [4.69, 9.17) is 20.2 Å². The third-order valence-electron chi connectivity index (χ3n) is 3.93. The molecule has 0 spiro atoms. The highest BCUT2D eigenvalue weighted by Crippen LogP contribution is 2.27. The van der Waals surface area contributed by atoms with Crippen LogP contribution in [0.15, 0.2) is 10.5 Å². The van der Waals surface area contributed by atoms with Crippen molar-refractivity contribution < 1.29 is 37.6 Å². The molecule has 0 aromatic carbocycles. The van der Waals surface area contributed by atoms with Gasteiger partial charge in [-0.2, -0.15) is 8.42 Å². The molecule has 2 rings (SSSR count). The van der Waals surface area contributed by atoms with Crippen molar-refractivity contribution in [2.45, 2.75) is 44.7 Å². The maximum atomic E-state index is 12.6. The minimum Gasteiger partial charge on any atom is -0.478 e. The van der Waals surface area contributed by atoms with Gasteiger partial charge in [0.15, 0.2) is 10.8 Å². The predicted octanol–water partition coefficient (Wildman–Crippen LogP) is -1.38. The molecule has 6 N–H and O–H groups in total. The SMILES string of the molecule is C[C@H]1[C@H](NC(=O)/C(=N\OC(C)(C)C(=O)O)c2csc(N)n2)C(O)N1S(=O)(=O)O. The molecule has 0 radical (unpaired) electrons. The third kappa shape index (κ3) is 4.39. The fraction of sp³-hybridized carbons (Fsp3) is 0.538. The van der Waals surface area contributed by atoms with Crippen molar-refractivity contribution in [2.75, 3.05) is 5.73 Å². The molecule has 0 aliphatic carbocycles. The number of carbonyl (C=O) groups is 2. The average Bonchev–Trinajstić information content (AvgIpc) is 2.97. The Kier molecular flexibility index (Phi) is 5.95. The Morgan fingerprint density at radius 2 is 2.07 bits per heavy atom. The Hall–Kier alpha value is -2.33. The number of nitrogen functional groups attached to an aromatic ring is 1. The van der Waals surface area contributed by atoms with E-state index in [1.54, 1.807) is 0 Å². The molecule has 156 valence electrons. The number of oxime groups is 1. The van der Waals surface area contributed by atoms with Gasteiger partial charge in [-0.05, 0) is 20.8 Å². The maximum absolute atomic E-state index is 12.6. The van der Waals surface area contributed by atoms with Gasteiger partial charge in [0.25, 0.3) is 5.91 Å². The second kappa shape index (κ2) is 7.59. The number of hydrogen-bond acceptors (Lipinski definition) is 10. The number of aliphatic hydroxyl groups is 1. The van der Waals surface area contributed by atoms with Crippen LogP contribution in [0.4, 0.5) is 5.13 Å². The zero-order chi connectivity index (χ0) is 21.4. The van der Waals surface area contributed by atoms with Gasteiger partial charge in [0.1, 0.15) is 11.9 Å². The van der Waals surface area contributed by atoms with Gasteiger partial charge in [-0.3, -0.25) is 9.35 Å². The summed E-state index contributed by atoms with van der Waals surface area (Å²) in [6, 6.07) is -2.02. The van der Waals surface area contributed by atoms with Crippen molar-refractivity contribution in [3.05, 3.63) is 11.1 Å². The van der Waals surface area contributed by atoms with Crippen LogP contribution in [-0.2, 0) is 24.7 Å². The van der Waals surface area contributed by atoms with Crippen LogP contribution in [0, 0.1) is 0 Å². The Bertz CT molecular complexity index is 902. The van der Waals surface area contributed by atoms with Crippen LogP contribution in [0.5, 0.6) is 0 Å². The highest BCUT2D eigenvalue weighted by molar-refractivity contribution is 7.83. The van der Waals surface area contributed by atoms with Crippen LogP contribution in [0.1, 0.15) is 26.5 Å². The van der Waals surface area contributed by atoms with Gasteiger partial charge >= 0.3 is 16.3 Å². The van der Waals surface area contributed by atoms with Crippen molar-refractivity contribution in [1.29, 1.82) is 0 Å². The van der Waals surface area contributed by atoms with E-state index in [-0.39, 0.29) is 10.8 Å². The second-order valence-electron chi connectivity index (χ2n) is 6.38. The van der Waals surface area contributed by atoms with E-state index in [1.807, 2.05) is 0 Å². The van der Waals surface area contributed by atoms with Crippen molar-refractivity contribution in [3.63, 3.8) is 0 Å². The molecule has 1 aromatic rings. The topological polar surface area (TPSA) is 205 Å². The molecular weight excluding hydrogens is 418 g/mol. The van der Waals surface area contributed by atoms with Crippen LogP contribution in [0.2, 0.25) is 0 Å². The highest BCUT2D eigenvalue weighted by atomic mass is 32.2. The first-order valence-electron chi connectivity index (χ1n) is 7.71. The smallest absolute Gasteiger partial charge is 0.350 e. The summed E-state index contributed by atoms with van der Waals surface area (Å²) < 4.78 is 31.8. The lowest BCUT2D eigenvalue weighted by atomic mass is 9.99. The summed E-state index contributed by atoms with van der Waals surface area (Å²) >= 11 is 0.997. The number of rotatable bonds is 7. The summed E-state index contributed by atoms with van der Waals surface area (Å²) in [6.45, 7) is 3.78. The fourth-order valence-electron chi connectivity index (χ4n) is 2.27. The molecule has 2 heterocycles. The Morgan fingerprint density at radius 3 is 2.50 bits per heavy atom. The fourth-order valence-corrected chi connectivity index (χ4v) is 3.77. The van der Waals surface area contributed by atoms with Gasteiger partial charge < -0.3 is 26.1 Å². The van der Waals surface area contributed by atoms with E-state index in [9.17, 15) is 23.1 Å². The first-order valence-corrected chi connectivity index (χ1v) is 9.99. The molecule has 1 aromatic heterocycles. The number of hydrogen-bond donors (Lipinski definition) is 5. The zero-order valence-corrected chi connectivity index (χ0v) is 16.6. The summed E-state index contributed by atoms with van der Waals surface area (Å²) in [5.74, 6) is -2.25. The van der Waals surface area contributed by atoms with Crippen molar-refractivity contribution >= 4 is 44.4 Å². The van der Waals surface area contributed by atoms with Crippen LogP contribution < -0.4 is 11.1 Å². The lowest BCUT2D eigenvalue weighted by Gasteiger charge is -2.47. The van der Waals surface area contributed by atoms with E-state index < -0.39 is 51.8 Å². The molecule has 1 fully saturated rings. The molecular formula is C13H19N5O8S2. The van der Waals surface area contributed by atoms with E-state index in [0.29, 0.717) is 4.31 Å². The Morgan fingerprint density at radius 1 is 1.46 bits per heavy atom. The number of carboxylic acid groups (broad SMARTS) is 1. The lowest BCUT2D eigenvalue weighted by molar-refractivity contribution is -0.161. The molecule has 0 bridgehead atoms. The molecule has 15 heteroatoms. The standard InChI is InChI=1S/C13H19N5O8S2/c1-5-7(10(20)18(5)28(23,24)25)16-9(19)8(6-4-27-12(14)15-6)17-26-13(2,3)11(21)22/h4-5,7,10,20H,1-3H3,(H2,14,15)(H,16,19)(H,21,22)(H,23,24,25)/b17-8-/t5-,7-,10?/m0/s1. The number of aromatic nitrogens is 1. The first-order chi connectivity index (χ1) is 12.8. The molecule has 1 saturated heterocycles. The van der Waals surface area contributed by atoms with Gasteiger partial charge in [0, 0.05) is 5.38 Å². The number of nitrogens with one attached hydrogen (secondary N) is 1. The van der Waals surface area contributed by atoms with Gasteiger partial charge in [-0.15, -0.1) is 15.6 Å². The minimum atomic E-state index is -4.66. The molecule has 1 aliphatic heterocycles. The van der Waals surface area contributed by atoms with E-state index in [1.165, 1.54) is 26.2 Å². The number of carbonyl (C=O) groups excluding carboxylic acids is 1. The van der Waals surface area contributed by atoms with Crippen molar-refractivity contribution in [2.24, 2.45) is 5.16 Å². The van der Waals surface area contributed by atoms with Crippen molar-refractivity contribution in [1.82, 2.24) is 14.6 Å². The molecule has 1 amide bonds. The second-order valence-corrected chi connectivity index (χ2v) is 8.59. The van der Waals surface area contributed by atoms with Gasteiger partial charge in [0.2, 0.25) is 5.60 Å². The normalized spacial score (nSPS) is 23.8. The molecule has 13 nitrogen and oxygen atoms in total. The van der Waals surface area contributed by atoms with Crippen molar-refractivity contribution in [3.8, 4) is 0 Å². The quantitative estimate of drug-likeness (QED) is 0.192. The van der Waals surface area contributed by atoms with Crippen LogP contribution >= 0.6 is 11.3 Å². The van der Waals surface area contributed by atoms with E-state index >= 15 is 0 Å². The zero-order valence-electron chi connectivity index (χ0n) is 14.9. The molecule has 1 unspecified atom stereocenters. The summed E-state index contributed by atoms with van der Waals surface area (Å²) in [5, 5.41) is 26.4. The van der Waals surface area contributed by atoms with Gasteiger partial charge in [0.05, 0.1) is 12.1 Å². The Balaban J connectivity index is 2.25. The maximum Gasteiger partial charge on any atom is 0.350 e. The largest absolute Gasteiger partial charge is 0.478 e. The monoisotopic (exact) mass is 437 g/mol. The number of nitrogens with zero attached hydrogens (tertiary/aromatic N) is 3. The van der Waals surface area contributed by atoms with Gasteiger partial charge in [-0.25, -0.2) is 9.78 Å². The number of aliphatic carboxylic acids is 1. The van der Waals surface area contributed by atoms with E-state index in [2.05, 4.69) is 15.5 Å². The van der Waals surface area contributed by atoms with Crippen LogP contribution in [0.3, 0.4) is 0 Å². The summed E-state index contributed by atoms with van der Waals surface area (Å²) in [5.41, 5.74) is 3.36. The third-order valence-corrected chi connectivity index (χ3v) is 5.68. The van der Waals surface area contributed by atoms with Crippen LogP contribution in [-0.4, -0.2) is 74.0 Å².